The van der Waals surface area contributed by atoms with E-state index in [1.807, 2.05) is 0 Å². The molecule has 0 heterocycles. The number of nitrogens with one attached hydrogen (secondary N) is 2. The fourth-order valence-electron chi connectivity index (χ4n) is 1.79. The monoisotopic (exact) mass is 310 g/mol. The van der Waals surface area contributed by atoms with Gasteiger partial charge < -0.3 is 24.8 Å². The summed E-state index contributed by atoms with van der Waals surface area (Å²) in [5.74, 6) is 1.15. The van der Waals surface area contributed by atoms with Crippen LogP contribution < -0.4 is 20.1 Å². The first-order chi connectivity index (χ1) is 10.6. The second-order valence-electron chi connectivity index (χ2n) is 5.11. The van der Waals surface area contributed by atoms with E-state index in [9.17, 15) is 4.79 Å². The average Bonchev–Trinajstić information content (AvgIpc) is 2.50. The summed E-state index contributed by atoms with van der Waals surface area (Å²) in [4.78, 5) is 11.7. The van der Waals surface area contributed by atoms with Gasteiger partial charge in [0.1, 0.15) is 6.61 Å². The van der Waals surface area contributed by atoms with Crippen LogP contribution in [0.2, 0.25) is 0 Å². The van der Waals surface area contributed by atoms with E-state index in [4.69, 9.17) is 14.2 Å². The van der Waals surface area contributed by atoms with Gasteiger partial charge in [-0.05, 0) is 12.1 Å². The minimum Gasteiger partial charge on any atom is -0.493 e. The molecule has 0 fully saturated rings. The van der Waals surface area contributed by atoms with Gasteiger partial charge in [-0.15, -0.1) is 0 Å². The molecule has 22 heavy (non-hydrogen) atoms. The molecule has 1 aromatic rings. The number of ether oxygens (including phenoxy) is 3. The van der Waals surface area contributed by atoms with Crippen LogP contribution in [0.4, 0.5) is 5.69 Å². The van der Waals surface area contributed by atoms with Crippen molar-refractivity contribution in [2.75, 3.05) is 39.3 Å². The summed E-state index contributed by atoms with van der Waals surface area (Å²) < 4.78 is 15.9. The van der Waals surface area contributed by atoms with E-state index in [0.29, 0.717) is 42.9 Å². The van der Waals surface area contributed by atoms with Crippen molar-refractivity contribution in [1.82, 2.24) is 5.32 Å². The van der Waals surface area contributed by atoms with Crippen LogP contribution in [0.25, 0.3) is 0 Å². The van der Waals surface area contributed by atoms with E-state index < -0.39 is 0 Å². The Balaban J connectivity index is 2.56. The second kappa shape index (κ2) is 10.0. The van der Waals surface area contributed by atoms with Crippen LogP contribution in [0.15, 0.2) is 18.2 Å². The Kier molecular flexibility index (Phi) is 8.32. The van der Waals surface area contributed by atoms with Gasteiger partial charge in [-0.2, -0.15) is 0 Å². The third-order valence-electron chi connectivity index (χ3n) is 2.89. The van der Waals surface area contributed by atoms with Gasteiger partial charge in [-0.3, -0.25) is 4.79 Å². The summed E-state index contributed by atoms with van der Waals surface area (Å²) >= 11 is 0. The SMILES string of the molecule is COCCC(=O)Nc1ccc(OCCNC(C)C)c(OC)c1. The van der Waals surface area contributed by atoms with Crippen molar-refractivity contribution in [1.29, 1.82) is 0 Å². The zero-order valence-corrected chi connectivity index (χ0v) is 13.8. The molecule has 0 spiro atoms. The molecule has 0 bridgehead atoms. The molecule has 0 radical (unpaired) electrons. The van der Waals surface area contributed by atoms with Crippen molar-refractivity contribution in [3.63, 3.8) is 0 Å². The predicted molar refractivity (Wildman–Crippen MR) is 86.8 cm³/mol. The molecule has 1 rings (SSSR count). The summed E-state index contributed by atoms with van der Waals surface area (Å²) in [6, 6.07) is 5.75. The Morgan fingerprint density at radius 3 is 2.59 bits per heavy atom. The largest absolute Gasteiger partial charge is 0.493 e. The lowest BCUT2D eigenvalue weighted by Crippen LogP contribution is -2.27. The van der Waals surface area contributed by atoms with E-state index in [1.165, 1.54) is 0 Å². The van der Waals surface area contributed by atoms with E-state index >= 15 is 0 Å². The number of anilines is 1. The normalized spacial score (nSPS) is 10.6. The van der Waals surface area contributed by atoms with Crippen molar-refractivity contribution < 1.29 is 19.0 Å². The van der Waals surface area contributed by atoms with Gasteiger partial charge in [0.15, 0.2) is 11.5 Å². The zero-order valence-electron chi connectivity index (χ0n) is 13.8. The van der Waals surface area contributed by atoms with Crippen LogP contribution in [-0.2, 0) is 9.53 Å². The average molecular weight is 310 g/mol. The third kappa shape index (κ3) is 6.78. The molecule has 0 aliphatic carbocycles. The smallest absolute Gasteiger partial charge is 0.226 e. The van der Waals surface area contributed by atoms with Gasteiger partial charge in [-0.25, -0.2) is 0 Å². The summed E-state index contributed by atoms with van der Waals surface area (Å²) in [6.07, 6.45) is 0.317. The molecule has 0 unspecified atom stereocenters. The van der Waals surface area contributed by atoms with Crippen LogP contribution in [-0.4, -0.2) is 45.9 Å². The first-order valence-electron chi connectivity index (χ1n) is 7.39. The van der Waals surface area contributed by atoms with Crippen molar-refractivity contribution in [2.24, 2.45) is 0 Å². The molecule has 6 nitrogen and oxygen atoms in total. The fourth-order valence-corrected chi connectivity index (χ4v) is 1.79. The molecule has 0 aromatic heterocycles. The standard InChI is InChI=1S/C16H26N2O4/c1-12(2)17-8-10-22-14-6-5-13(11-15(14)21-4)18-16(19)7-9-20-3/h5-6,11-12,17H,7-10H2,1-4H3,(H,18,19). The maximum atomic E-state index is 11.7. The number of hydrogen-bond donors (Lipinski definition) is 2. The third-order valence-corrected chi connectivity index (χ3v) is 2.89. The molecule has 1 amide bonds. The molecule has 0 saturated carbocycles. The van der Waals surface area contributed by atoms with E-state index in [-0.39, 0.29) is 5.91 Å². The topological polar surface area (TPSA) is 68.8 Å². The first-order valence-corrected chi connectivity index (χ1v) is 7.39. The van der Waals surface area contributed by atoms with E-state index in [2.05, 4.69) is 24.5 Å². The Bertz CT molecular complexity index is 463. The fraction of sp³-hybridized carbons (Fsp3) is 0.562. The van der Waals surface area contributed by atoms with Crippen molar-refractivity contribution >= 4 is 11.6 Å². The van der Waals surface area contributed by atoms with Crippen LogP contribution in [0.5, 0.6) is 11.5 Å². The number of amides is 1. The number of carbonyl (C=O) groups is 1. The van der Waals surface area contributed by atoms with Gasteiger partial charge in [0.25, 0.3) is 0 Å². The highest BCUT2D eigenvalue weighted by molar-refractivity contribution is 5.91. The maximum absolute atomic E-state index is 11.7. The second-order valence-corrected chi connectivity index (χ2v) is 5.11. The van der Waals surface area contributed by atoms with Crippen molar-refractivity contribution in [3.8, 4) is 11.5 Å². The van der Waals surface area contributed by atoms with Crippen LogP contribution in [0.3, 0.4) is 0 Å². The van der Waals surface area contributed by atoms with Gasteiger partial charge in [0.05, 0.1) is 20.1 Å². The van der Waals surface area contributed by atoms with Gasteiger partial charge in [-0.1, -0.05) is 13.8 Å². The molecule has 0 aliphatic heterocycles. The maximum Gasteiger partial charge on any atom is 0.226 e. The summed E-state index contributed by atoms with van der Waals surface area (Å²) in [5.41, 5.74) is 0.672. The Hall–Kier alpha value is -1.79. The summed E-state index contributed by atoms with van der Waals surface area (Å²) in [7, 11) is 3.14. The van der Waals surface area contributed by atoms with Crippen LogP contribution in [0.1, 0.15) is 20.3 Å². The Morgan fingerprint density at radius 1 is 1.18 bits per heavy atom. The van der Waals surface area contributed by atoms with Crippen LogP contribution in [0, 0.1) is 0 Å². The molecule has 1 aromatic carbocycles. The van der Waals surface area contributed by atoms with E-state index in [0.717, 1.165) is 6.54 Å². The molecular formula is C16H26N2O4. The molecule has 2 N–H and O–H groups in total. The highest BCUT2D eigenvalue weighted by Gasteiger charge is 2.08. The highest BCUT2D eigenvalue weighted by Crippen LogP contribution is 2.30. The lowest BCUT2D eigenvalue weighted by Gasteiger charge is -2.14. The minimum atomic E-state index is -0.0984. The summed E-state index contributed by atoms with van der Waals surface area (Å²) in [5, 5.41) is 6.07. The van der Waals surface area contributed by atoms with Crippen LogP contribution >= 0.6 is 0 Å². The number of hydrogen-bond acceptors (Lipinski definition) is 5. The zero-order chi connectivity index (χ0) is 16.4. The molecule has 6 heteroatoms. The minimum absolute atomic E-state index is 0.0984. The Labute approximate surface area is 132 Å². The number of methoxy groups -OCH3 is 2. The molecule has 0 atom stereocenters. The molecular weight excluding hydrogens is 284 g/mol. The van der Waals surface area contributed by atoms with E-state index in [1.54, 1.807) is 32.4 Å². The van der Waals surface area contributed by atoms with Crippen molar-refractivity contribution in [3.05, 3.63) is 18.2 Å². The number of rotatable bonds is 10. The number of carbonyl (C=O) groups excluding carboxylic acids is 1. The van der Waals surface area contributed by atoms with Gasteiger partial charge in [0.2, 0.25) is 5.91 Å². The predicted octanol–water partition coefficient (Wildman–Crippen LogP) is 2.05. The van der Waals surface area contributed by atoms with Crippen molar-refractivity contribution in [2.45, 2.75) is 26.3 Å². The quantitative estimate of drug-likeness (QED) is 0.647. The lowest BCUT2D eigenvalue weighted by atomic mass is 10.2. The highest BCUT2D eigenvalue weighted by atomic mass is 16.5. The molecule has 0 saturated heterocycles. The summed E-state index contributed by atoms with van der Waals surface area (Å²) in [6.45, 7) is 5.88. The molecule has 124 valence electrons. The van der Waals surface area contributed by atoms with Gasteiger partial charge >= 0.3 is 0 Å². The molecule has 0 aliphatic rings. The number of benzene rings is 1. The lowest BCUT2D eigenvalue weighted by molar-refractivity contribution is -0.117. The Morgan fingerprint density at radius 2 is 1.95 bits per heavy atom. The van der Waals surface area contributed by atoms with Gasteiger partial charge in [0, 0.05) is 31.5 Å². The first kappa shape index (κ1) is 18.3.